The lowest BCUT2D eigenvalue weighted by Crippen LogP contribution is -2.35. The average molecular weight is 288 g/mol. The first-order valence-electron chi connectivity index (χ1n) is 7.75. The number of fused-ring (bicyclic) bond motifs is 1. The van der Waals surface area contributed by atoms with Gasteiger partial charge in [-0.05, 0) is 60.8 Å². The number of rotatable bonds is 5. The molecule has 2 aromatic rings. The van der Waals surface area contributed by atoms with Gasteiger partial charge < -0.3 is 5.32 Å². The van der Waals surface area contributed by atoms with Gasteiger partial charge in [0.2, 0.25) is 0 Å². The van der Waals surface area contributed by atoms with Gasteiger partial charge in [-0.15, -0.1) is 11.3 Å². The van der Waals surface area contributed by atoms with Crippen molar-refractivity contribution in [1.82, 2.24) is 10.2 Å². The van der Waals surface area contributed by atoms with Crippen LogP contribution in [0.25, 0.3) is 10.1 Å². The Kier molecular flexibility index (Phi) is 4.71. The van der Waals surface area contributed by atoms with Crippen molar-refractivity contribution in [2.75, 3.05) is 26.2 Å². The second kappa shape index (κ2) is 6.70. The largest absolute Gasteiger partial charge is 0.317 e. The summed E-state index contributed by atoms with van der Waals surface area (Å²) in [5.41, 5.74) is 1.50. The zero-order valence-corrected chi connectivity index (χ0v) is 13.1. The van der Waals surface area contributed by atoms with Gasteiger partial charge in [-0.25, -0.2) is 0 Å². The molecule has 0 spiro atoms. The van der Waals surface area contributed by atoms with Crippen LogP contribution in [0.15, 0.2) is 29.6 Å². The zero-order valence-electron chi connectivity index (χ0n) is 12.3. The van der Waals surface area contributed by atoms with Crippen molar-refractivity contribution in [3.8, 4) is 0 Å². The molecule has 1 fully saturated rings. The van der Waals surface area contributed by atoms with Crippen LogP contribution >= 0.6 is 11.3 Å². The Hall–Kier alpha value is -0.900. The highest BCUT2D eigenvalue weighted by Gasteiger charge is 2.17. The van der Waals surface area contributed by atoms with Crippen molar-refractivity contribution in [3.63, 3.8) is 0 Å². The van der Waals surface area contributed by atoms with Crippen molar-refractivity contribution in [2.24, 2.45) is 5.92 Å². The van der Waals surface area contributed by atoms with Gasteiger partial charge in [0.05, 0.1) is 0 Å². The van der Waals surface area contributed by atoms with E-state index in [1.807, 2.05) is 11.3 Å². The number of piperidine rings is 1. The molecule has 0 radical (unpaired) electrons. The van der Waals surface area contributed by atoms with Crippen LogP contribution in [-0.2, 0) is 6.54 Å². The summed E-state index contributed by atoms with van der Waals surface area (Å²) in [5, 5.41) is 7.25. The van der Waals surface area contributed by atoms with Crippen molar-refractivity contribution >= 4 is 21.4 Å². The summed E-state index contributed by atoms with van der Waals surface area (Å²) in [5.74, 6) is 0.876. The van der Waals surface area contributed by atoms with Crippen LogP contribution < -0.4 is 5.32 Å². The summed E-state index contributed by atoms with van der Waals surface area (Å²) < 4.78 is 1.42. The Morgan fingerprint density at radius 1 is 1.25 bits per heavy atom. The molecule has 0 aliphatic carbocycles. The average Bonchev–Trinajstić information content (AvgIpc) is 2.91. The van der Waals surface area contributed by atoms with E-state index >= 15 is 0 Å². The Morgan fingerprint density at radius 2 is 2.05 bits per heavy atom. The second-order valence-corrected chi connectivity index (χ2v) is 6.69. The van der Waals surface area contributed by atoms with Crippen molar-refractivity contribution in [3.05, 3.63) is 35.2 Å². The highest BCUT2D eigenvalue weighted by Crippen LogP contribution is 2.27. The minimum absolute atomic E-state index is 0.876. The third kappa shape index (κ3) is 3.22. The van der Waals surface area contributed by atoms with Crippen LogP contribution in [0.4, 0.5) is 0 Å². The van der Waals surface area contributed by atoms with Gasteiger partial charge in [-0.2, -0.15) is 0 Å². The molecule has 1 aliphatic heterocycles. The Morgan fingerprint density at radius 3 is 2.85 bits per heavy atom. The normalized spacial score (nSPS) is 17.1. The van der Waals surface area contributed by atoms with Crippen LogP contribution in [0, 0.1) is 5.92 Å². The third-order valence-corrected chi connectivity index (χ3v) is 5.39. The summed E-state index contributed by atoms with van der Waals surface area (Å²) in [4.78, 5) is 2.62. The highest BCUT2D eigenvalue weighted by molar-refractivity contribution is 7.17. The number of hydrogen-bond acceptors (Lipinski definition) is 3. The van der Waals surface area contributed by atoms with Crippen LogP contribution in [-0.4, -0.2) is 31.1 Å². The van der Waals surface area contributed by atoms with Crippen LogP contribution in [0.3, 0.4) is 0 Å². The Balaban J connectivity index is 1.67. The minimum atomic E-state index is 0.876. The van der Waals surface area contributed by atoms with E-state index in [4.69, 9.17) is 0 Å². The molecule has 0 saturated carbocycles. The van der Waals surface area contributed by atoms with E-state index < -0.39 is 0 Å². The van der Waals surface area contributed by atoms with Gasteiger partial charge >= 0.3 is 0 Å². The lowest BCUT2D eigenvalue weighted by Gasteiger charge is -2.29. The molecule has 0 amide bonds. The van der Waals surface area contributed by atoms with E-state index in [-0.39, 0.29) is 0 Å². The van der Waals surface area contributed by atoms with E-state index in [2.05, 4.69) is 46.8 Å². The molecule has 1 aromatic heterocycles. The van der Waals surface area contributed by atoms with Crippen LogP contribution in [0.1, 0.15) is 25.3 Å². The molecule has 3 heteroatoms. The highest BCUT2D eigenvalue weighted by atomic mass is 32.1. The van der Waals surface area contributed by atoms with E-state index in [9.17, 15) is 0 Å². The smallest absolute Gasteiger partial charge is 0.0346 e. The topological polar surface area (TPSA) is 15.3 Å². The molecule has 1 aliphatic rings. The van der Waals surface area contributed by atoms with Crippen molar-refractivity contribution in [2.45, 2.75) is 26.3 Å². The first-order valence-corrected chi connectivity index (χ1v) is 8.63. The standard InChI is InChI=1S/C17H24N2S/c1-2-19(11-14-7-9-18-10-8-14)12-15-13-20-17-6-4-3-5-16(15)17/h3-6,13-14,18H,2,7-12H2,1H3. The SMILES string of the molecule is CCN(Cc1csc2ccccc12)CC1CCNCC1. The number of nitrogens with zero attached hydrogens (tertiary/aromatic N) is 1. The minimum Gasteiger partial charge on any atom is -0.317 e. The monoisotopic (exact) mass is 288 g/mol. The first-order chi connectivity index (χ1) is 9.86. The summed E-state index contributed by atoms with van der Waals surface area (Å²) in [7, 11) is 0. The molecule has 0 unspecified atom stereocenters. The fraction of sp³-hybridized carbons (Fsp3) is 0.529. The Labute approximate surface area is 125 Å². The molecule has 2 heterocycles. The van der Waals surface area contributed by atoms with Gasteiger partial charge in [-0.1, -0.05) is 25.1 Å². The lowest BCUT2D eigenvalue weighted by atomic mass is 9.97. The van der Waals surface area contributed by atoms with E-state index in [0.717, 1.165) is 19.0 Å². The fourth-order valence-electron chi connectivity index (χ4n) is 3.13. The maximum atomic E-state index is 3.46. The zero-order chi connectivity index (χ0) is 13.8. The second-order valence-electron chi connectivity index (χ2n) is 5.78. The predicted molar refractivity (Wildman–Crippen MR) is 88.4 cm³/mol. The molecule has 1 aromatic carbocycles. The molecule has 108 valence electrons. The summed E-state index contributed by atoms with van der Waals surface area (Å²) >= 11 is 1.88. The van der Waals surface area contributed by atoms with E-state index in [0.29, 0.717) is 0 Å². The number of nitrogens with one attached hydrogen (secondary N) is 1. The van der Waals surface area contributed by atoms with Gasteiger partial charge in [-0.3, -0.25) is 4.90 Å². The molecular weight excluding hydrogens is 264 g/mol. The number of hydrogen-bond donors (Lipinski definition) is 1. The van der Waals surface area contributed by atoms with E-state index in [1.165, 1.54) is 48.1 Å². The van der Waals surface area contributed by atoms with Crippen molar-refractivity contribution in [1.29, 1.82) is 0 Å². The van der Waals surface area contributed by atoms with Gasteiger partial charge in [0.1, 0.15) is 0 Å². The van der Waals surface area contributed by atoms with Gasteiger partial charge in [0.25, 0.3) is 0 Å². The molecule has 20 heavy (non-hydrogen) atoms. The maximum absolute atomic E-state index is 3.46. The fourth-order valence-corrected chi connectivity index (χ4v) is 4.08. The summed E-state index contributed by atoms with van der Waals surface area (Å²) in [6.07, 6.45) is 2.67. The molecule has 2 nitrogen and oxygen atoms in total. The predicted octanol–water partition coefficient (Wildman–Crippen LogP) is 3.72. The van der Waals surface area contributed by atoms with Crippen molar-refractivity contribution < 1.29 is 0 Å². The molecular formula is C17H24N2S. The number of thiophene rings is 1. The summed E-state index contributed by atoms with van der Waals surface area (Å²) in [6.45, 7) is 8.18. The van der Waals surface area contributed by atoms with Gasteiger partial charge in [0, 0.05) is 17.8 Å². The van der Waals surface area contributed by atoms with Crippen LogP contribution in [0.5, 0.6) is 0 Å². The number of benzene rings is 1. The lowest BCUT2D eigenvalue weighted by molar-refractivity contribution is 0.208. The quantitative estimate of drug-likeness (QED) is 0.902. The third-order valence-electron chi connectivity index (χ3n) is 4.38. The molecule has 1 N–H and O–H groups in total. The Bertz CT molecular complexity index is 543. The first kappa shape index (κ1) is 14.1. The van der Waals surface area contributed by atoms with E-state index in [1.54, 1.807) is 0 Å². The summed E-state index contributed by atoms with van der Waals surface area (Å²) in [6, 6.07) is 8.78. The van der Waals surface area contributed by atoms with Gasteiger partial charge in [0.15, 0.2) is 0 Å². The van der Waals surface area contributed by atoms with Crippen LogP contribution in [0.2, 0.25) is 0 Å². The molecule has 0 atom stereocenters. The molecule has 0 bridgehead atoms. The molecule has 3 rings (SSSR count). The maximum Gasteiger partial charge on any atom is 0.0346 e. The molecule has 1 saturated heterocycles.